The molecule has 2 aromatic rings. The summed E-state index contributed by atoms with van der Waals surface area (Å²) in [6.45, 7) is 7.57. The van der Waals surface area contributed by atoms with E-state index >= 15 is 0 Å². The van der Waals surface area contributed by atoms with Gasteiger partial charge in [0, 0.05) is 18.7 Å². The van der Waals surface area contributed by atoms with Gasteiger partial charge in [-0.1, -0.05) is 43.1 Å². The molecular formula is C16H20Cl2N4O. The van der Waals surface area contributed by atoms with Gasteiger partial charge in [0.25, 0.3) is 5.91 Å². The highest BCUT2D eigenvalue weighted by atomic mass is 35.5. The van der Waals surface area contributed by atoms with Crippen molar-refractivity contribution in [2.24, 2.45) is 0 Å². The van der Waals surface area contributed by atoms with Crippen LogP contribution in [0.3, 0.4) is 0 Å². The van der Waals surface area contributed by atoms with E-state index in [0.717, 1.165) is 25.2 Å². The lowest BCUT2D eigenvalue weighted by Gasteiger charge is -2.17. The molecule has 0 saturated carbocycles. The van der Waals surface area contributed by atoms with Crippen LogP contribution in [0, 0.1) is 0 Å². The molecule has 2 rings (SSSR count). The largest absolute Gasteiger partial charge is 0.349 e. The van der Waals surface area contributed by atoms with Gasteiger partial charge in [-0.15, -0.1) is 0 Å². The molecule has 124 valence electrons. The summed E-state index contributed by atoms with van der Waals surface area (Å²) in [5.41, 5.74) is 1.88. The second-order valence-corrected chi connectivity index (χ2v) is 5.89. The van der Waals surface area contributed by atoms with E-state index in [1.165, 1.54) is 0 Å². The van der Waals surface area contributed by atoms with Crippen LogP contribution in [-0.2, 0) is 0 Å². The van der Waals surface area contributed by atoms with Gasteiger partial charge in [-0.05, 0) is 31.3 Å². The third-order valence-corrected chi connectivity index (χ3v) is 4.38. The highest BCUT2D eigenvalue weighted by molar-refractivity contribution is 6.42. The maximum atomic E-state index is 12.1. The molecule has 0 unspecified atom stereocenters. The molecule has 0 saturated heterocycles. The Morgan fingerprint density at radius 1 is 1.22 bits per heavy atom. The van der Waals surface area contributed by atoms with Gasteiger partial charge in [-0.2, -0.15) is 5.10 Å². The number of nitrogens with zero attached hydrogens (tertiary/aromatic N) is 2. The topological polar surface area (TPSA) is 61.0 Å². The number of carbonyl (C=O) groups excluding carboxylic acids is 1. The fourth-order valence-corrected chi connectivity index (χ4v) is 2.50. The minimum atomic E-state index is -0.170. The van der Waals surface area contributed by atoms with Gasteiger partial charge in [0.05, 0.1) is 15.7 Å². The molecule has 0 bridgehead atoms. The van der Waals surface area contributed by atoms with Crippen LogP contribution in [0.4, 0.5) is 0 Å². The Kier molecular flexibility index (Phi) is 6.45. The van der Waals surface area contributed by atoms with Crippen molar-refractivity contribution in [3.8, 4) is 11.3 Å². The lowest BCUT2D eigenvalue weighted by atomic mass is 10.1. The number of H-pyrrole nitrogens is 1. The molecule has 0 spiro atoms. The highest BCUT2D eigenvalue weighted by Gasteiger charge is 2.12. The summed E-state index contributed by atoms with van der Waals surface area (Å²) < 4.78 is 0. The molecule has 0 aliphatic rings. The Morgan fingerprint density at radius 2 is 1.96 bits per heavy atom. The average molecular weight is 355 g/mol. The number of halogens is 2. The monoisotopic (exact) mass is 354 g/mol. The van der Waals surface area contributed by atoms with Crippen LogP contribution in [0.1, 0.15) is 24.3 Å². The molecule has 1 aromatic heterocycles. The second-order valence-electron chi connectivity index (χ2n) is 5.08. The first-order valence-electron chi connectivity index (χ1n) is 7.56. The van der Waals surface area contributed by atoms with Crippen molar-refractivity contribution in [2.45, 2.75) is 13.8 Å². The lowest BCUT2D eigenvalue weighted by Crippen LogP contribution is -2.34. The van der Waals surface area contributed by atoms with Crippen molar-refractivity contribution >= 4 is 29.1 Å². The number of hydrogen-bond acceptors (Lipinski definition) is 3. The number of aromatic amines is 1. The Labute approximate surface area is 146 Å². The first-order chi connectivity index (χ1) is 11.0. The summed E-state index contributed by atoms with van der Waals surface area (Å²) in [4.78, 5) is 14.4. The Bertz CT molecular complexity index is 668. The van der Waals surface area contributed by atoms with E-state index in [1.807, 2.05) is 6.07 Å². The molecule has 1 aromatic carbocycles. The fourth-order valence-electron chi connectivity index (χ4n) is 2.20. The van der Waals surface area contributed by atoms with Gasteiger partial charge in [-0.3, -0.25) is 9.89 Å². The molecule has 23 heavy (non-hydrogen) atoms. The minimum absolute atomic E-state index is 0.170. The predicted octanol–water partition coefficient (Wildman–Crippen LogP) is 3.46. The Balaban J connectivity index is 1.98. The number of aromatic nitrogens is 2. The zero-order valence-corrected chi connectivity index (χ0v) is 14.7. The molecule has 1 heterocycles. The molecule has 0 atom stereocenters. The van der Waals surface area contributed by atoms with Gasteiger partial charge in [-0.25, -0.2) is 0 Å². The molecule has 2 N–H and O–H groups in total. The SMILES string of the molecule is CCN(CC)CCNC(=O)c1cc(-c2ccc(Cl)c(Cl)c2)n[nH]1. The van der Waals surface area contributed by atoms with Crippen LogP contribution in [0.5, 0.6) is 0 Å². The van der Waals surface area contributed by atoms with Crippen molar-refractivity contribution in [1.82, 2.24) is 20.4 Å². The van der Waals surface area contributed by atoms with Gasteiger partial charge in [0.1, 0.15) is 5.69 Å². The maximum Gasteiger partial charge on any atom is 0.269 e. The van der Waals surface area contributed by atoms with Gasteiger partial charge < -0.3 is 10.2 Å². The number of likely N-dealkylation sites (N-methyl/N-ethyl adjacent to an activating group) is 1. The van der Waals surface area contributed by atoms with Crippen molar-refractivity contribution < 1.29 is 4.79 Å². The summed E-state index contributed by atoms with van der Waals surface area (Å²) in [5, 5.41) is 10.7. The molecule has 0 aliphatic heterocycles. The van der Waals surface area contributed by atoms with Gasteiger partial charge >= 0.3 is 0 Å². The molecular weight excluding hydrogens is 335 g/mol. The van der Waals surface area contributed by atoms with Crippen LogP contribution in [-0.4, -0.2) is 47.2 Å². The number of benzene rings is 1. The average Bonchev–Trinajstić information content (AvgIpc) is 3.04. The van der Waals surface area contributed by atoms with Crippen LogP contribution in [0.15, 0.2) is 24.3 Å². The van der Waals surface area contributed by atoms with Crippen LogP contribution >= 0.6 is 23.2 Å². The van der Waals surface area contributed by atoms with Gasteiger partial charge in [0.2, 0.25) is 0 Å². The molecule has 0 radical (unpaired) electrons. The highest BCUT2D eigenvalue weighted by Crippen LogP contribution is 2.27. The Hall–Kier alpha value is -1.56. The number of carbonyl (C=O) groups is 1. The van der Waals surface area contributed by atoms with E-state index in [-0.39, 0.29) is 5.91 Å². The van der Waals surface area contributed by atoms with Crippen molar-refractivity contribution in [1.29, 1.82) is 0 Å². The Morgan fingerprint density at radius 3 is 2.61 bits per heavy atom. The number of amides is 1. The molecule has 5 nitrogen and oxygen atoms in total. The second kappa shape index (κ2) is 8.34. The van der Waals surface area contributed by atoms with E-state index in [2.05, 4.69) is 34.3 Å². The first-order valence-corrected chi connectivity index (χ1v) is 8.32. The number of rotatable bonds is 7. The number of nitrogens with one attached hydrogen (secondary N) is 2. The van der Waals surface area contributed by atoms with E-state index in [1.54, 1.807) is 18.2 Å². The zero-order valence-electron chi connectivity index (χ0n) is 13.2. The molecule has 0 aliphatic carbocycles. The molecule has 1 amide bonds. The van der Waals surface area contributed by atoms with Gasteiger partial charge in [0.15, 0.2) is 0 Å². The third kappa shape index (κ3) is 4.70. The van der Waals surface area contributed by atoms with E-state index < -0.39 is 0 Å². The fraction of sp³-hybridized carbons (Fsp3) is 0.375. The third-order valence-electron chi connectivity index (χ3n) is 3.65. The van der Waals surface area contributed by atoms with Crippen molar-refractivity contribution in [2.75, 3.05) is 26.2 Å². The minimum Gasteiger partial charge on any atom is -0.349 e. The molecule has 0 fully saturated rings. The summed E-state index contributed by atoms with van der Waals surface area (Å²) >= 11 is 11.9. The summed E-state index contributed by atoms with van der Waals surface area (Å²) in [6.07, 6.45) is 0. The zero-order chi connectivity index (χ0) is 16.8. The number of hydrogen-bond donors (Lipinski definition) is 2. The van der Waals surface area contributed by atoms with Crippen LogP contribution in [0.2, 0.25) is 10.0 Å². The standard InChI is InChI=1S/C16H20Cl2N4O/c1-3-22(4-2)8-7-19-16(23)15-10-14(20-21-15)11-5-6-12(17)13(18)9-11/h5-6,9-10H,3-4,7-8H2,1-2H3,(H,19,23)(H,20,21). The summed E-state index contributed by atoms with van der Waals surface area (Å²) in [5.74, 6) is -0.170. The summed E-state index contributed by atoms with van der Waals surface area (Å²) in [6, 6.07) is 6.94. The normalized spacial score (nSPS) is 11.0. The maximum absolute atomic E-state index is 12.1. The van der Waals surface area contributed by atoms with Crippen molar-refractivity contribution in [3.05, 3.63) is 40.0 Å². The van der Waals surface area contributed by atoms with Crippen molar-refractivity contribution in [3.63, 3.8) is 0 Å². The van der Waals surface area contributed by atoms with Crippen LogP contribution in [0.25, 0.3) is 11.3 Å². The quantitative estimate of drug-likeness (QED) is 0.800. The lowest BCUT2D eigenvalue weighted by molar-refractivity contribution is 0.0944. The van der Waals surface area contributed by atoms with E-state index in [0.29, 0.717) is 28.0 Å². The molecule has 7 heteroatoms. The van der Waals surface area contributed by atoms with E-state index in [4.69, 9.17) is 23.2 Å². The first kappa shape index (κ1) is 17.8. The smallest absolute Gasteiger partial charge is 0.269 e. The van der Waals surface area contributed by atoms with Crippen LogP contribution < -0.4 is 5.32 Å². The predicted molar refractivity (Wildman–Crippen MR) is 94.2 cm³/mol. The van der Waals surface area contributed by atoms with E-state index in [9.17, 15) is 4.79 Å². The summed E-state index contributed by atoms with van der Waals surface area (Å²) in [7, 11) is 0.